The van der Waals surface area contributed by atoms with Crippen LogP contribution in [0, 0.1) is 0 Å². The highest BCUT2D eigenvalue weighted by Crippen LogP contribution is 2.16. The van der Waals surface area contributed by atoms with Crippen LogP contribution in [0.4, 0.5) is 4.79 Å². The predicted molar refractivity (Wildman–Crippen MR) is 86.7 cm³/mol. The van der Waals surface area contributed by atoms with Gasteiger partial charge in [-0.1, -0.05) is 12.1 Å². The molecule has 2 rings (SSSR count). The zero-order chi connectivity index (χ0) is 16.2. The lowest BCUT2D eigenvalue weighted by atomic mass is 10.0. The van der Waals surface area contributed by atoms with Crippen LogP contribution in [-0.2, 0) is 16.3 Å². The number of urea groups is 1. The Morgan fingerprint density at radius 3 is 2.55 bits per heavy atom. The Bertz CT molecular complexity index is 611. The SMILES string of the molecule is C[C@H]1CCCCN1C(=O)NCCc1ccc(S(C)(=O)=O)cc1. The fraction of sp³-hybridized carbons (Fsp3) is 0.562. The van der Waals surface area contributed by atoms with Gasteiger partial charge in [0, 0.05) is 25.4 Å². The Balaban J connectivity index is 1.82. The van der Waals surface area contributed by atoms with Gasteiger partial charge >= 0.3 is 6.03 Å². The molecule has 1 heterocycles. The number of benzene rings is 1. The van der Waals surface area contributed by atoms with E-state index in [0.29, 0.717) is 23.9 Å². The molecule has 1 saturated heterocycles. The molecule has 0 unspecified atom stereocenters. The van der Waals surface area contributed by atoms with Crippen LogP contribution in [0.5, 0.6) is 0 Å². The van der Waals surface area contributed by atoms with Gasteiger partial charge in [-0.25, -0.2) is 13.2 Å². The molecule has 1 N–H and O–H groups in total. The molecule has 0 radical (unpaired) electrons. The molecule has 5 nitrogen and oxygen atoms in total. The number of carbonyl (C=O) groups excluding carboxylic acids is 1. The molecular formula is C16H24N2O3S. The topological polar surface area (TPSA) is 66.5 Å². The van der Waals surface area contributed by atoms with Crippen LogP contribution < -0.4 is 5.32 Å². The van der Waals surface area contributed by atoms with Gasteiger partial charge in [-0.15, -0.1) is 0 Å². The summed E-state index contributed by atoms with van der Waals surface area (Å²) in [6.45, 7) is 3.47. The lowest BCUT2D eigenvalue weighted by Crippen LogP contribution is -2.47. The number of carbonyl (C=O) groups is 1. The normalized spacial score (nSPS) is 19.0. The van der Waals surface area contributed by atoms with E-state index < -0.39 is 9.84 Å². The lowest BCUT2D eigenvalue weighted by Gasteiger charge is -2.33. The van der Waals surface area contributed by atoms with Crippen LogP contribution in [0.25, 0.3) is 0 Å². The highest BCUT2D eigenvalue weighted by molar-refractivity contribution is 7.90. The second-order valence-corrected chi connectivity index (χ2v) is 7.95. The molecule has 1 aliphatic rings. The first-order valence-corrected chi connectivity index (χ1v) is 9.60. The number of sulfone groups is 1. The Morgan fingerprint density at radius 2 is 1.95 bits per heavy atom. The van der Waals surface area contributed by atoms with Gasteiger partial charge in [-0.3, -0.25) is 0 Å². The molecular weight excluding hydrogens is 300 g/mol. The molecule has 2 amide bonds. The van der Waals surface area contributed by atoms with Crippen molar-refractivity contribution in [2.45, 2.75) is 43.5 Å². The number of hydrogen-bond acceptors (Lipinski definition) is 3. The van der Waals surface area contributed by atoms with E-state index in [4.69, 9.17) is 0 Å². The molecule has 22 heavy (non-hydrogen) atoms. The zero-order valence-electron chi connectivity index (χ0n) is 13.2. The Kier molecular flexibility index (Phi) is 5.45. The van der Waals surface area contributed by atoms with Gasteiger partial charge in [-0.05, 0) is 50.3 Å². The Morgan fingerprint density at radius 1 is 1.27 bits per heavy atom. The summed E-state index contributed by atoms with van der Waals surface area (Å²) < 4.78 is 22.8. The largest absolute Gasteiger partial charge is 0.338 e. The predicted octanol–water partition coefficient (Wildman–Crippen LogP) is 2.22. The smallest absolute Gasteiger partial charge is 0.317 e. The molecule has 0 bridgehead atoms. The number of piperidine rings is 1. The van der Waals surface area contributed by atoms with E-state index >= 15 is 0 Å². The average molecular weight is 324 g/mol. The summed E-state index contributed by atoms with van der Waals surface area (Å²) in [6, 6.07) is 7.12. The number of nitrogens with zero attached hydrogens (tertiary/aromatic N) is 1. The van der Waals surface area contributed by atoms with E-state index in [2.05, 4.69) is 12.2 Å². The van der Waals surface area contributed by atoms with Gasteiger partial charge in [0.15, 0.2) is 9.84 Å². The fourth-order valence-electron chi connectivity index (χ4n) is 2.72. The second-order valence-electron chi connectivity index (χ2n) is 5.94. The van der Waals surface area contributed by atoms with E-state index in [0.717, 1.165) is 24.9 Å². The maximum atomic E-state index is 12.1. The fourth-order valence-corrected chi connectivity index (χ4v) is 3.35. The van der Waals surface area contributed by atoms with Crippen molar-refractivity contribution < 1.29 is 13.2 Å². The summed E-state index contributed by atoms with van der Waals surface area (Å²) in [7, 11) is -3.15. The molecule has 0 aromatic heterocycles. The van der Waals surface area contributed by atoms with Crippen molar-refractivity contribution in [3.8, 4) is 0 Å². The van der Waals surface area contributed by atoms with E-state index in [-0.39, 0.29) is 6.03 Å². The van der Waals surface area contributed by atoms with Gasteiger partial charge in [0.1, 0.15) is 0 Å². The Hall–Kier alpha value is -1.56. The molecule has 1 fully saturated rings. The lowest BCUT2D eigenvalue weighted by molar-refractivity contribution is 0.158. The highest BCUT2D eigenvalue weighted by Gasteiger charge is 2.22. The third kappa shape index (κ3) is 4.47. The van der Waals surface area contributed by atoms with Gasteiger partial charge in [-0.2, -0.15) is 0 Å². The average Bonchev–Trinajstić information content (AvgIpc) is 2.47. The Labute approximate surface area is 132 Å². The van der Waals surface area contributed by atoms with Crippen LogP contribution in [0.2, 0.25) is 0 Å². The van der Waals surface area contributed by atoms with E-state index in [9.17, 15) is 13.2 Å². The van der Waals surface area contributed by atoms with Gasteiger partial charge in [0.25, 0.3) is 0 Å². The van der Waals surface area contributed by atoms with Crippen LogP contribution in [-0.4, -0.2) is 44.7 Å². The van der Waals surface area contributed by atoms with Crippen LogP contribution in [0.1, 0.15) is 31.7 Å². The first kappa shape index (κ1) is 16.8. The summed E-state index contributed by atoms with van der Waals surface area (Å²) in [5, 5.41) is 2.94. The van der Waals surface area contributed by atoms with Crippen LogP contribution in [0.15, 0.2) is 29.2 Å². The van der Waals surface area contributed by atoms with Crippen LogP contribution >= 0.6 is 0 Å². The molecule has 1 aromatic rings. The summed E-state index contributed by atoms with van der Waals surface area (Å²) >= 11 is 0. The summed E-state index contributed by atoms with van der Waals surface area (Å²) in [5.74, 6) is 0. The van der Waals surface area contributed by atoms with Gasteiger partial charge in [0.05, 0.1) is 4.90 Å². The minimum atomic E-state index is -3.15. The maximum Gasteiger partial charge on any atom is 0.317 e. The number of amides is 2. The van der Waals surface area contributed by atoms with Crippen molar-refractivity contribution in [3.63, 3.8) is 0 Å². The molecule has 1 atom stereocenters. The van der Waals surface area contributed by atoms with Crippen molar-refractivity contribution >= 4 is 15.9 Å². The number of nitrogens with one attached hydrogen (secondary N) is 1. The maximum absolute atomic E-state index is 12.1. The quantitative estimate of drug-likeness (QED) is 0.923. The van der Waals surface area contributed by atoms with Gasteiger partial charge in [0.2, 0.25) is 0 Å². The first-order valence-electron chi connectivity index (χ1n) is 7.71. The number of rotatable bonds is 4. The highest BCUT2D eigenvalue weighted by atomic mass is 32.2. The summed E-state index contributed by atoms with van der Waals surface area (Å²) in [4.78, 5) is 14.3. The third-order valence-corrected chi connectivity index (χ3v) is 5.23. The van der Waals surface area contributed by atoms with Crippen LogP contribution in [0.3, 0.4) is 0 Å². The van der Waals surface area contributed by atoms with Crippen molar-refractivity contribution in [2.75, 3.05) is 19.3 Å². The van der Waals surface area contributed by atoms with Gasteiger partial charge < -0.3 is 10.2 Å². The van der Waals surface area contributed by atoms with Crippen molar-refractivity contribution in [1.29, 1.82) is 0 Å². The van der Waals surface area contributed by atoms with E-state index in [1.54, 1.807) is 24.3 Å². The third-order valence-electron chi connectivity index (χ3n) is 4.11. The molecule has 0 aliphatic carbocycles. The molecule has 0 spiro atoms. The van der Waals surface area contributed by atoms with E-state index in [1.165, 1.54) is 12.7 Å². The monoisotopic (exact) mass is 324 g/mol. The minimum Gasteiger partial charge on any atom is -0.338 e. The molecule has 0 saturated carbocycles. The second kappa shape index (κ2) is 7.13. The van der Waals surface area contributed by atoms with Crippen molar-refractivity contribution in [1.82, 2.24) is 10.2 Å². The number of hydrogen-bond donors (Lipinski definition) is 1. The summed E-state index contributed by atoms with van der Waals surface area (Å²) in [5.41, 5.74) is 1.01. The number of likely N-dealkylation sites (tertiary alicyclic amines) is 1. The summed E-state index contributed by atoms with van der Waals surface area (Å²) in [6.07, 6.45) is 5.22. The zero-order valence-corrected chi connectivity index (χ0v) is 14.0. The molecule has 6 heteroatoms. The molecule has 1 aliphatic heterocycles. The standard InChI is InChI=1S/C16H24N2O3S/c1-13-5-3-4-12-18(13)16(19)17-11-10-14-6-8-15(9-7-14)22(2,20)21/h6-9,13H,3-5,10-12H2,1-2H3,(H,17,19)/t13-/m0/s1. The molecule has 1 aromatic carbocycles. The van der Waals surface area contributed by atoms with E-state index in [1.807, 2.05) is 4.90 Å². The first-order chi connectivity index (χ1) is 10.4. The molecule has 122 valence electrons. The minimum absolute atomic E-state index is 0.0000406. The van der Waals surface area contributed by atoms with Crippen molar-refractivity contribution in [2.24, 2.45) is 0 Å². The van der Waals surface area contributed by atoms with Crippen molar-refractivity contribution in [3.05, 3.63) is 29.8 Å².